The van der Waals surface area contributed by atoms with Gasteiger partial charge >= 0.3 is 6.03 Å². The number of halogens is 2. The Labute approximate surface area is 173 Å². The van der Waals surface area contributed by atoms with Crippen molar-refractivity contribution in [2.45, 2.75) is 18.2 Å². The highest BCUT2D eigenvalue weighted by Gasteiger charge is 2.18. The predicted octanol–water partition coefficient (Wildman–Crippen LogP) is 5.46. The smallest absolute Gasteiger partial charge is 0.307 e. The van der Waals surface area contributed by atoms with Gasteiger partial charge in [0.2, 0.25) is 0 Å². The molecule has 0 aromatic heterocycles. The molecule has 2 amide bonds. The number of rotatable bonds is 6. The molecule has 5 nitrogen and oxygen atoms in total. The highest BCUT2D eigenvalue weighted by Crippen LogP contribution is 2.31. The van der Waals surface area contributed by atoms with Crippen molar-refractivity contribution in [1.29, 1.82) is 0 Å². The number of carbonyl (C=O) groups excluding carboxylic acids is 1. The van der Waals surface area contributed by atoms with Crippen LogP contribution in [0.15, 0.2) is 71.6 Å². The number of benzene rings is 3. The topological polar surface area (TPSA) is 75.3 Å². The fourth-order valence-electron chi connectivity index (χ4n) is 2.95. The molecule has 3 aromatic rings. The number of nitrogens with one attached hydrogen (secondary N) is 2. The zero-order valence-electron chi connectivity index (χ0n) is 16.2. The molecule has 0 fully saturated rings. The van der Waals surface area contributed by atoms with Gasteiger partial charge in [0.05, 0.1) is 22.0 Å². The van der Waals surface area contributed by atoms with Gasteiger partial charge in [0, 0.05) is 11.6 Å². The largest absolute Gasteiger partial charge is 0.323 e. The minimum atomic E-state index is -3.52. The molecular weight excluding hydrogens is 410 g/mol. The van der Waals surface area contributed by atoms with Crippen LogP contribution in [0.2, 0.25) is 0 Å². The first-order chi connectivity index (χ1) is 14.3. The second-order valence-electron chi connectivity index (χ2n) is 6.60. The lowest BCUT2D eigenvalue weighted by Gasteiger charge is -2.15. The normalized spacial score (nSPS) is 11.2. The molecule has 30 heavy (non-hydrogen) atoms. The van der Waals surface area contributed by atoms with Crippen LogP contribution in [0.3, 0.4) is 0 Å². The van der Waals surface area contributed by atoms with Gasteiger partial charge < -0.3 is 10.6 Å². The molecule has 0 aliphatic rings. The average Bonchev–Trinajstić information content (AvgIpc) is 2.71. The highest BCUT2D eigenvalue weighted by molar-refractivity contribution is 7.91. The van der Waals surface area contributed by atoms with Crippen molar-refractivity contribution in [3.05, 3.63) is 78.4 Å². The minimum absolute atomic E-state index is 0.0299. The molecule has 0 unspecified atom stereocenters. The summed E-state index contributed by atoms with van der Waals surface area (Å²) in [6, 6.07) is 15.4. The first-order valence-electron chi connectivity index (χ1n) is 9.25. The fourth-order valence-corrected chi connectivity index (χ4v) is 4.29. The lowest BCUT2D eigenvalue weighted by Crippen LogP contribution is -2.21. The van der Waals surface area contributed by atoms with Crippen molar-refractivity contribution in [2.75, 3.05) is 16.4 Å². The molecule has 8 heteroatoms. The molecule has 0 aliphatic heterocycles. The number of hydrogen-bond acceptors (Lipinski definition) is 3. The summed E-state index contributed by atoms with van der Waals surface area (Å²) in [5.74, 6) is -1.53. The van der Waals surface area contributed by atoms with E-state index < -0.39 is 27.5 Å². The van der Waals surface area contributed by atoms with Crippen molar-refractivity contribution < 1.29 is 22.0 Å². The van der Waals surface area contributed by atoms with E-state index in [2.05, 4.69) is 10.6 Å². The molecule has 3 rings (SSSR count). The SMILES string of the molecule is CCCS(=O)(=O)c1ccc(-c2ccccc2)c(NC(=O)Nc2cc(F)ccc2F)c1. The van der Waals surface area contributed by atoms with E-state index in [1.165, 1.54) is 12.1 Å². The molecule has 0 saturated heterocycles. The van der Waals surface area contributed by atoms with Crippen LogP contribution >= 0.6 is 0 Å². The summed E-state index contributed by atoms with van der Waals surface area (Å²) in [5, 5.41) is 4.80. The number of amides is 2. The van der Waals surface area contributed by atoms with Crippen LogP contribution in [-0.4, -0.2) is 20.2 Å². The van der Waals surface area contributed by atoms with E-state index in [0.29, 0.717) is 12.0 Å². The van der Waals surface area contributed by atoms with Crippen LogP contribution in [0.4, 0.5) is 25.0 Å². The molecule has 156 valence electrons. The Hall–Kier alpha value is -3.26. The van der Waals surface area contributed by atoms with Crippen molar-refractivity contribution in [3.8, 4) is 11.1 Å². The van der Waals surface area contributed by atoms with Crippen LogP contribution in [0.25, 0.3) is 11.1 Å². The van der Waals surface area contributed by atoms with E-state index in [4.69, 9.17) is 0 Å². The molecule has 2 N–H and O–H groups in total. The van der Waals surface area contributed by atoms with E-state index in [0.717, 1.165) is 23.8 Å². The van der Waals surface area contributed by atoms with Crippen molar-refractivity contribution in [1.82, 2.24) is 0 Å². The summed E-state index contributed by atoms with van der Waals surface area (Å²) in [7, 11) is -3.52. The van der Waals surface area contributed by atoms with Crippen molar-refractivity contribution in [2.24, 2.45) is 0 Å². The van der Waals surface area contributed by atoms with Gasteiger partial charge in [0.15, 0.2) is 9.84 Å². The molecule has 0 radical (unpaired) electrons. The lowest BCUT2D eigenvalue weighted by atomic mass is 10.0. The lowest BCUT2D eigenvalue weighted by molar-refractivity contribution is 0.262. The van der Waals surface area contributed by atoms with E-state index in [9.17, 15) is 22.0 Å². The van der Waals surface area contributed by atoms with Crippen LogP contribution in [0.1, 0.15) is 13.3 Å². The standard InChI is InChI=1S/C22H20F2N2O3S/c1-2-12-30(28,29)17-9-10-18(15-6-4-3-5-7-15)20(14-17)25-22(27)26-21-13-16(23)8-11-19(21)24/h3-11,13-14H,2,12H2,1H3,(H2,25,26,27). The van der Waals surface area contributed by atoms with Gasteiger partial charge in [0.1, 0.15) is 11.6 Å². The van der Waals surface area contributed by atoms with Gasteiger partial charge in [-0.2, -0.15) is 0 Å². The molecular formula is C22H20F2N2O3S. The van der Waals surface area contributed by atoms with Gasteiger partial charge in [-0.05, 0) is 36.2 Å². The Morgan fingerprint density at radius 1 is 0.900 bits per heavy atom. The molecule has 3 aromatic carbocycles. The zero-order chi connectivity index (χ0) is 21.7. The van der Waals surface area contributed by atoms with Gasteiger partial charge in [-0.25, -0.2) is 22.0 Å². The van der Waals surface area contributed by atoms with Gasteiger partial charge in [0.25, 0.3) is 0 Å². The third-order valence-electron chi connectivity index (χ3n) is 4.33. The number of hydrogen-bond donors (Lipinski definition) is 2. The maximum absolute atomic E-state index is 13.8. The summed E-state index contributed by atoms with van der Waals surface area (Å²) >= 11 is 0. The second-order valence-corrected chi connectivity index (χ2v) is 8.70. The molecule has 0 saturated carbocycles. The summed E-state index contributed by atoms with van der Waals surface area (Å²) < 4.78 is 52.1. The van der Waals surface area contributed by atoms with Crippen LogP contribution < -0.4 is 10.6 Å². The monoisotopic (exact) mass is 430 g/mol. The second kappa shape index (κ2) is 9.04. The van der Waals surface area contributed by atoms with Crippen LogP contribution in [0.5, 0.6) is 0 Å². The summed E-state index contributed by atoms with van der Waals surface area (Å²) in [4.78, 5) is 12.5. The fraction of sp³-hybridized carbons (Fsp3) is 0.136. The maximum atomic E-state index is 13.8. The number of urea groups is 1. The highest BCUT2D eigenvalue weighted by atomic mass is 32.2. The summed E-state index contributed by atoms with van der Waals surface area (Å²) in [5.41, 5.74) is 1.24. The molecule has 0 aliphatic carbocycles. The van der Waals surface area contributed by atoms with Crippen LogP contribution in [0, 0.1) is 11.6 Å². The number of carbonyl (C=O) groups is 1. The molecule has 0 bridgehead atoms. The van der Waals surface area contributed by atoms with Crippen molar-refractivity contribution >= 4 is 27.2 Å². The van der Waals surface area contributed by atoms with Crippen molar-refractivity contribution in [3.63, 3.8) is 0 Å². The quantitative estimate of drug-likeness (QED) is 0.545. The maximum Gasteiger partial charge on any atom is 0.323 e. The van der Waals surface area contributed by atoms with E-state index in [1.54, 1.807) is 13.0 Å². The Morgan fingerprint density at radius 2 is 1.60 bits per heavy atom. The Bertz CT molecular complexity index is 1170. The number of sulfone groups is 1. The molecule has 0 atom stereocenters. The van der Waals surface area contributed by atoms with Gasteiger partial charge in [-0.15, -0.1) is 0 Å². The predicted molar refractivity (Wildman–Crippen MR) is 113 cm³/mol. The van der Waals surface area contributed by atoms with E-state index in [-0.39, 0.29) is 22.0 Å². The first-order valence-corrected chi connectivity index (χ1v) is 10.9. The summed E-state index contributed by atoms with van der Waals surface area (Å²) in [6.07, 6.45) is 0.449. The first kappa shape index (κ1) is 21.4. The zero-order valence-corrected chi connectivity index (χ0v) is 17.0. The number of anilines is 2. The molecule has 0 spiro atoms. The van der Waals surface area contributed by atoms with Gasteiger partial charge in [-0.3, -0.25) is 0 Å². The van der Waals surface area contributed by atoms with E-state index >= 15 is 0 Å². The average molecular weight is 430 g/mol. The van der Waals surface area contributed by atoms with Gasteiger partial charge in [-0.1, -0.05) is 43.3 Å². The Balaban J connectivity index is 1.97. The Kier molecular flexibility index (Phi) is 6.47. The minimum Gasteiger partial charge on any atom is -0.307 e. The summed E-state index contributed by atoms with van der Waals surface area (Å²) in [6.45, 7) is 1.76. The van der Waals surface area contributed by atoms with E-state index in [1.807, 2.05) is 30.3 Å². The van der Waals surface area contributed by atoms with Crippen LogP contribution in [-0.2, 0) is 9.84 Å². The third-order valence-corrected chi connectivity index (χ3v) is 6.25. The third kappa shape index (κ3) is 5.01. The Morgan fingerprint density at radius 3 is 2.30 bits per heavy atom. The molecule has 0 heterocycles.